The van der Waals surface area contributed by atoms with Crippen LogP contribution in [0.15, 0.2) is 33.3 Å². The Morgan fingerprint density at radius 2 is 2.16 bits per heavy atom. The number of fused-ring (bicyclic) bond motifs is 1. The summed E-state index contributed by atoms with van der Waals surface area (Å²) in [4.78, 5) is 15.2. The largest absolute Gasteiger partial charge is 0.488 e. The van der Waals surface area contributed by atoms with E-state index in [1.807, 2.05) is 18.2 Å². The molecule has 0 spiro atoms. The fraction of sp³-hybridized carbons (Fsp3) is 0.167. The van der Waals surface area contributed by atoms with Crippen molar-refractivity contribution in [1.29, 1.82) is 0 Å². The lowest BCUT2D eigenvalue weighted by molar-refractivity contribution is -0.119. The highest BCUT2D eigenvalue weighted by atomic mass is 79.9. The van der Waals surface area contributed by atoms with Gasteiger partial charge in [0, 0.05) is 16.1 Å². The van der Waals surface area contributed by atoms with E-state index in [1.165, 1.54) is 0 Å². The number of rotatable bonds is 4. The Kier molecular flexibility index (Phi) is 4.38. The fourth-order valence-corrected chi connectivity index (χ4v) is 2.93. The maximum atomic E-state index is 10.9. The average Bonchev–Trinajstić information content (AvgIpc) is 2.38. The quantitative estimate of drug-likeness (QED) is 0.837. The van der Waals surface area contributed by atoms with Crippen molar-refractivity contribution in [2.45, 2.75) is 6.04 Å². The molecule has 0 radical (unpaired) electrons. The molecule has 100 valence electrons. The lowest BCUT2D eigenvalue weighted by Crippen LogP contribution is -2.41. The van der Waals surface area contributed by atoms with Crippen molar-refractivity contribution in [1.82, 2.24) is 4.98 Å². The predicted molar refractivity (Wildman–Crippen MR) is 79.8 cm³/mol. The van der Waals surface area contributed by atoms with Gasteiger partial charge in [-0.2, -0.15) is 0 Å². The number of carbonyl (C=O) groups is 1. The summed E-state index contributed by atoms with van der Waals surface area (Å²) in [6, 6.07) is 4.75. The summed E-state index contributed by atoms with van der Waals surface area (Å²) in [7, 11) is 0. The molecule has 0 aliphatic rings. The van der Waals surface area contributed by atoms with Crippen LogP contribution in [0, 0.1) is 0 Å². The number of hydrogen-bond donors (Lipinski definition) is 2. The molecule has 2 aromatic rings. The first-order valence-corrected chi connectivity index (χ1v) is 6.99. The van der Waals surface area contributed by atoms with Gasteiger partial charge in [-0.25, -0.2) is 0 Å². The van der Waals surface area contributed by atoms with E-state index in [0.717, 1.165) is 14.3 Å². The molecule has 0 aliphatic carbocycles. The van der Waals surface area contributed by atoms with Crippen molar-refractivity contribution >= 4 is 48.7 Å². The van der Waals surface area contributed by atoms with Crippen molar-refractivity contribution in [3.05, 3.63) is 33.3 Å². The topological polar surface area (TPSA) is 91.2 Å². The van der Waals surface area contributed by atoms with E-state index < -0.39 is 11.9 Å². The number of ether oxygens (including phenoxy) is 1. The zero-order valence-corrected chi connectivity index (χ0v) is 12.9. The number of nitrogens with zero attached hydrogens (tertiary/aromatic N) is 1. The molecule has 1 unspecified atom stereocenters. The molecule has 2 rings (SSSR count). The fourth-order valence-electron chi connectivity index (χ4n) is 1.54. The molecule has 5 nitrogen and oxygen atoms in total. The molecular formula is C12H11Br2N3O2. The van der Waals surface area contributed by atoms with Crippen LogP contribution < -0.4 is 16.2 Å². The van der Waals surface area contributed by atoms with Gasteiger partial charge in [0.1, 0.15) is 18.2 Å². The van der Waals surface area contributed by atoms with E-state index in [1.54, 1.807) is 6.20 Å². The van der Waals surface area contributed by atoms with E-state index >= 15 is 0 Å². The third kappa shape index (κ3) is 3.05. The van der Waals surface area contributed by atoms with Crippen LogP contribution in [0.3, 0.4) is 0 Å². The second-order valence-corrected chi connectivity index (χ2v) is 5.60. The number of halogens is 2. The highest BCUT2D eigenvalue weighted by Gasteiger charge is 2.15. The molecule has 0 saturated heterocycles. The van der Waals surface area contributed by atoms with Gasteiger partial charge < -0.3 is 16.2 Å². The van der Waals surface area contributed by atoms with Gasteiger partial charge in [-0.1, -0.05) is 22.0 Å². The second kappa shape index (κ2) is 5.85. The van der Waals surface area contributed by atoms with Crippen LogP contribution in [0.4, 0.5) is 0 Å². The molecule has 0 saturated carbocycles. The first-order chi connectivity index (χ1) is 9.00. The van der Waals surface area contributed by atoms with Gasteiger partial charge in [-0.3, -0.25) is 9.78 Å². The zero-order valence-electron chi connectivity index (χ0n) is 9.77. The number of aromatic nitrogens is 1. The van der Waals surface area contributed by atoms with Crippen LogP contribution in [0.5, 0.6) is 5.75 Å². The van der Waals surface area contributed by atoms with Crippen molar-refractivity contribution in [2.24, 2.45) is 11.5 Å². The molecule has 4 N–H and O–H groups in total. The summed E-state index contributed by atoms with van der Waals surface area (Å²) in [5, 5.41) is 0.911. The van der Waals surface area contributed by atoms with Gasteiger partial charge in [0.25, 0.3) is 0 Å². The summed E-state index contributed by atoms with van der Waals surface area (Å²) in [5.41, 5.74) is 11.3. The second-order valence-electron chi connectivity index (χ2n) is 3.89. The van der Waals surface area contributed by atoms with E-state index in [9.17, 15) is 4.79 Å². The van der Waals surface area contributed by atoms with Crippen molar-refractivity contribution in [2.75, 3.05) is 6.61 Å². The van der Waals surface area contributed by atoms with Gasteiger partial charge >= 0.3 is 0 Å². The van der Waals surface area contributed by atoms with Gasteiger partial charge in [-0.05, 0) is 28.1 Å². The molecule has 1 aromatic carbocycles. The third-order valence-electron chi connectivity index (χ3n) is 2.52. The monoisotopic (exact) mass is 387 g/mol. The Labute approximate surface area is 126 Å². The van der Waals surface area contributed by atoms with Gasteiger partial charge in [0.2, 0.25) is 5.91 Å². The first-order valence-electron chi connectivity index (χ1n) is 5.41. The number of pyridine rings is 1. The lowest BCUT2D eigenvalue weighted by Gasteiger charge is -2.14. The molecule has 0 bridgehead atoms. The number of primary amides is 1. The molecule has 1 amide bonds. The Morgan fingerprint density at radius 1 is 1.42 bits per heavy atom. The lowest BCUT2D eigenvalue weighted by atomic mass is 10.2. The van der Waals surface area contributed by atoms with Crippen LogP contribution in [0.1, 0.15) is 0 Å². The molecule has 1 heterocycles. The number of hydrogen-bond acceptors (Lipinski definition) is 4. The van der Waals surface area contributed by atoms with Crippen LogP contribution in [-0.2, 0) is 4.79 Å². The smallest absolute Gasteiger partial charge is 0.237 e. The van der Waals surface area contributed by atoms with Gasteiger partial charge in [0.05, 0.1) is 4.47 Å². The molecule has 19 heavy (non-hydrogen) atoms. The molecule has 1 aromatic heterocycles. The van der Waals surface area contributed by atoms with E-state index in [4.69, 9.17) is 16.2 Å². The molecule has 7 heteroatoms. The molecule has 1 atom stereocenters. The van der Waals surface area contributed by atoms with E-state index in [-0.39, 0.29) is 6.61 Å². The van der Waals surface area contributed by atoms with Gasteiger partial charge in [0.15, 0.2) is 5.75 Å². The molecule has 0 fully saturated rings. The SMILES string of the molecule is NC(=O)C(N)COc1c(Br)cc(Br)c2cccnc12. The van der Waals surface area contributed by atoms with Crippen LogP contribution in [0.25, 0.3) is 10.9 Å². The maximum Gasteiger partial charge on any atom is 0.237 e. The highest BCUT2D eigenvalue weighted by Crippen LogP contribution is 2.37. The molecule has 0 aliphatic heterocycles. The number of carbonyl (C=O) groups excluding carboxylic acids is 1. The number of benzene rings is 1. The minimum Gasteiger partial charge on any atom is -0.488 e. The summed E-state index contributed by atoms with van der Waals surface area (Å²) >= 11 is 6.86. The van der Waals surface area contributed by atoms with E-state index in [0.29, 0.717) is 11.3 Å². The Hall–Kier alpha value is -1.18. The van der Waals surface area contributed by atoms with Crippen molar-refractivity contribution < 1.29 is 9.53 Å². The summed E-state index contributed by atoms with van der Waals surface area (Å²) in [6.45, 7) is 0.00123. The van der Waals surface area contributed by atoms with Crippen LogP contribution in [0.2, 0.25) is 0 Å². The first kappa shape index (κ1) is 14.2. The number of nitrogens with two attached hydrogens (primary N) is 2. The summed E-state index contributed by atoms with van der Waals surface area (Å²) in [6.07, 6.45) is 1.67. The average molecular weight is 389 g/mol. The summed E-state index contributed by atoms with van der Waals surface area (Å²) in [5.74, 6) is -0.0685. The Balaban J connectivity index is 2.40. The minimum absolute atomic E-state index is 0.00123. The summed E-state index contributed by atoms with van der Waals surface area (Å²) < 4.78 is 7.19. The van der Waals surface area contributed by atoms with E-state index in [2.05, 4.69) is 36.8 Å². The third-order valence-corrected chi connectivity index (χ3v) is 3.77. The number of amides is 1. The van der Waals surface area contributed by atoms with Crippen LogP contribution >= 0.6 is 31.9 Å². The normalized spacial score (nSPS) is 12.4. The maximum absolute atomic E-state index is 10.9. The standard InChI is InChI=1S/C12H11Br2N3O2/c13-7-4-8(14)11(19-5-9(15)12(16)18)10-6(7)2-1-3-17-10/h1-4,9H,5,15H2,(H2,16,18). The van der Waals surface area contributed by atoms with Crippen molar-refractivity contribution in [3.8, 4) is 5.75 Å². The predicted octanol–water partition coefficient (Wildman–Crippen LogP) is 1.95. The zero-order chi connectivity index (χ0) is 14.0. The van der Waals surface area contributed by atoms with Crippen molar-refractivity contribution in [3.63, 3.8) is 0 Å². The Morgan fingerprint density at radius 3 is 2.84 bits per heavy atom. The highest BCUT2D eigenvalue weighted by molar-refractivity contribution is 9.11. The van der Waals surface area contributed by atoms with Gasteiger partial charge in [-0.15, -0.1) is 0 Å². The van der Waals surface area contributed by atoms with Crippen LogP contribution in [-0.4, -0.2) is 23.5 Å². The molecular weight excluding hydrogens is 378 g/mol. The Bertz CT molecular complexity index is 634. The minimum atomic E-state index is -0.852.